The third-order valence-corrected chi connectivity index (χ3v) is 6.70. The van der Waals surface area contributed by atoms with E-state index in [9.17, 15) is 4.79 Å². The Hall–Kier alpha value is -0.880. The molecule has 1 heterocycles. The van der Waals surface area contributed by atoms with E-state index in [1.54, 1.807) is 0 Å². The lowest BCUT2D eigenvalue weighted by molar-refractivity contribution is 0.194. The monoisotopic (exact) mass is 462 g/mol. The predicted octanol–water partition coefficient (Wildman–Crippen LogP) is 4.90. The number of hydrogen-bond donors (Lipinski definition) is 1. The molecule has 8 heteroatoms. The maximum Gasteiger partial charge on any atom is 0.317 e. The van der Waals surface area contributed by atoms with Gasteiger partial charge in [-0.25, -0.2) is 4.79 Å². The molecule has 1 saturated carbocycles. The fourth-order valence-corrected chi connectivity index (χ4v) is 4.53. The highest BCUT2D eigenvalue weighted by Crippen LogP contribution is 2.32. The number of nitrogens with one attached hydrogen (secondary N) is 1. The third-order valence-electron chi connectivity index (χ3n) is 5.89. The number of anilines is 1. The van der Waals surface area contributed by atoms with Gasteiger partial charge in [0.05, 0.1) is 15.7 Å². The zero-order chi connectivity index (χ0) is 19.9. The van der Waals surface area contributed by atoms with Gasteiger partial charge in [-0.15, -0.1) is 12.4 Å². The molecule has 1 aromatic carbocycles. The summed E-state index contributed by atoms with van der Waals surface area (Å²) < 4.78 is 0. The van der Waals surface area contributed by atoms with E-state index in [1.165, 1.54) is 19.3 Å². The van der Waals surface area contributed by atoms with Crippen LogP contribution in [0.1, 0.15) is 38.5 Å². The minimum absolute atomic E-state index is 0. The SMILES string of the molecule is CN(CCCN1CCN(c2cccc(Cl)c2Cl)CC1)C(=O)NC1CCCCC1.Cl. The Bertz CT molecular complexity index is 647. The van der Waals surface area contributed by atoms with E-state index in [2.05, 4.69) is 15.1 Å². The van der Waals surface area contributed by atoms with Crippen LogP contribution >= 0.6 is 35.6 Å². The second-order valence-electron chi connectivity index (χ2n) is 7.96. The van der Waals surface area contributed by atoms with Crippen LogP contribution in [0, 0.1) is 0 Å². The average Bonchev–Trinajstić information content (AvgIpc) is 2.71. The molecule has 5 nitrogen and oxygen atoms in total. The number of benzene rings is 1. The number of amides is 2. The Kier molecular flexibility index (Phi) is 10.2. The minimum atomic E-state index is 0. The summed E-state index contributed by atoms with van der Waals surface area (Å²) in [5.41, 5.74) is 1.02. The smallest absolute Gasteiger partial charge is 0.317 e. The molecule has 0 atom stereocenters. The van der Waals surface area contributed by atoms with Gasteiger partial charge in [-0.2, -0.15) is 0 Å². The lowest BCUT2D eigenvalue weighted by Gasteiger charge is -2.36. The molecular formula is C21H33Cl3N4O. The summed E-state index contributed by atoms with van der Waals surface area (Å²) in [6, 6.07) is 6.25. The quantitative estimate of drug-likeness (QED) is 0.652. The van der Waals surface area contributed by atoms with Crippen LogP contribution < -0.4 is 10.2 Å². The normalized spacial score (nSPS) is 18.2. The van der Waals surface area contributed by atoms with E-state index in [0.717, 1.165) is 64.2 Å². The maximum absolute atomic E-state index is 12.3. The molecule has 0 bridgehead atoms. The molecule has 0 unspecified atom stereocenters. The van der Waals surface area contributed by atoms with Crippen LogP contribution in [0.15, 0.2) is 18.2 Å². The Morgan fingerprint density at radius 3 is 2.52 bits per heavy atom. The van der Waals surface area contributed by atoms with Gasteiger partial charge in [0.2, 0.25) is 0 Å². The van der Waals surface area contributed by atoms with Crippen LogP contribution in [-0.4, -0.2) is 68.2 Å². The Morgan fingerprint density at radius 2 is 1.83 bits per heavy atom. The first-order valence-electron chi connectivity index (χ1n) is 10.5. The van der Waals surface area contributed by atoms with Crippen molar-refractivity contribution in [1.29, 1.82) is 0 Å². The van der Waals surface area contributed by atoms with E-state index in [0.29, 0.717) is 16.1 Å². The van der Waals surface area contributed by atoms with Crippen LogP contribution in [0.5, 0.6) is 0 Å². The number of piperazine rings is 1. The molecule has 0 radical (unpaired) electrons. The molecule has 3 rings (SSSR count). The van der Waals surface area contributed by atoms with Crippen LogP contribution in [0.25, 0.3) is 0 Å². The number of carbonyl (C=O) groups excluding carboxylic acids is 1. The summed E-state index contributed by atoms with van der Waals surface area (Å²) >= 11 is 12.5. The van der Waals surface area contributed by atoms with E-state index < -0.39 is 0 Å². The molecular weight excluding hydrogens is 431 g/mol. The minimum Gasteiger partial charge on any atom is -0.368 e. The first-order chi connectivity index (χ1) is 13.5. The Morgan fingerprint density at radius 1 is 1.14 bits per heavy atom. The van der Waals surface area contributed by atoms with Gasteiger partial charge in [0.15, 0.2) is 0 Å². The Labute approximate surface area is 191 Å². The molecule has 1 aromatic rings. The molecule has 1 aliphatic heterocycles. The maximum atomic E-state index is 12.3. The zero-order valence-electron chi connectivity index (χ0n) is 17.2. The molecule has 1 saturated heterocycles. The molecule has 2 aliphatic rings. The van der Waals surface area contributed by atoms with Crippen molar-refractivity contribution < 1.29 is 4.79 Å². The van der Waals surface area contributed by atoms with Crippen molar-refractivity contribution in [3.63, 3.8) is 0 Å². The molecule has 2 amide bonds. The van der Waals surface area contributed by atoms with Gasteiger partial charge in [0.1, 0.15) is 0 Å². The van der Waals surface area contributed by atoms with Gasteiger partial charge < -0.3 is 15.1 Å². The average molecular weight is 464 g/mol. The molecule has 29 heavy (non-hydrogen) atoms. The number of urea groups is 1. The number of hydrogen-bond acceptors (Lipinski definition) is 3. The summed E-state index contributed by atoms with van der Waals surface area (Å²) in [5, 5.41) is 4.43. The van der Waals surface area contributed by atoms with E-state index >= 15 is 0 Å². The first-order valence-corrected chi connectivity index (χ1v) is 11.2. The van der Waals surface area contributed by atoms with Crippen molar-refractivity contribution in [2.24, 2.45) is 0 Å². The largest absolute Gasteiger partial charge is 0.368 e. The highest BCUT2D eigenvalue weighted by atomic mass is 35.5. The molecule has 0 aromatic heterocycles. The second kappa shape index (κ2) is 12.1. The number of nitrogens with zero attached hydrogens (tertiary/aromatic N) is 3. The standard InChI is InChI=1S/C21H32Cl2N4O.ClH/c1-25(21(28)24-17-7-3-2-4-8-17)11-6-12-26-13-15-27(16-14-26)19-10-5-9-18(22)20(19)23;/h5,9-10,17H,2-4,6-8,11-16H2,1H3,(H,24,28);1H. The predicted molar refractivity (Wildman–Crippen MR) is 125 cm³/mol. The van der Waals surface area contributed by atoms with Crippen molar-refractivity contribution in [1.82, 2.24) is 15.1 Å². The lowest BCUT2D eigenvalue weighted by Crippen LogP contribution is -2.48. The molecule has 2 fully saturated rings. The van der Waals surface area contributed by atoms with Gasteiger partial charge in [0, 0.05) is 45.8 Å². The molecule has 1 N–H and O–H groups in total. The number of carbonyl (C=O) groups is 1. The van der Waals surface area contributed by atoms with E-state index in [-0.39, 0.29) is 18.4 Å². The number of halogens is 3. The summed E-state index contributed by atoms with van der Waals surface area (Å²) in [6.45, 7) is 5.69. The van der Waals surface area contributed by atoms with Gasteiger partial charge in [-0.05, 0) is 37.9 Å². The summed E-state index contributed by atoms with van der Waals surface area (Å²) in [5.74, 6) is 0. The fourth-order valence-electron chi connectivity index (χ4n) is 4.11. The van der Waals surface area contributed by atoms with E-state index in [4.69, 9.17) is 23.2 Å². The van der Waals surface area contributed by atoms with Gasteiger partial charge >= 0.3 is 6.03 Å². The summed E-state index contributed by atoms with van der Waals surface area (Å²) in [7, 11) is 1.90. The lowest BCUT2D eigenvalue weighted by atomic mass is 9.96. The van der Waals surface area contributed by atoms with E-state index in [1.807, 2.05) is 30.1 Å². The van der Waals surface area contributed by atoms with Crippen LogP contribution in [-0.2, 0) is 0 Å². The Balaban J connectivity index is 0.00000300. The molecule has 1 aliphatic carbocycles. The highest BCUT2D eigenvalue weighted by Gasteiger charge is 2.21. The van der Waals surface area contributed by atoms with Gasteiger partial charge in [-0.3, -0.25) is 4.90 Å². The fraction of sp³-hybridized carbons (Fsp3) is 0.667. The summed E-state index contributed by atoms with van der Waals surface area (Å²) in [6.07, 6.45) is 7.02. The van der Waals surface area contributed by atoms with Gasteiger partial charge in [-0.1, -0.05) is 48.5 Å². The van der Waals surface area contributed by atoms with Crippen LogP contribution in [0.2, 0.25) is 10.0 Å². The van der Waals surface area contributed by atoms with Crippen molar-refractivity contribution in [2.75, 3.05) is 51.2 Å². The molecule has 164 valence electrons. The summed E-state index contributed by atoms with van der Waals surface area (Å²) in [4.78, 5) is 18.9. The second-order valence-corrected chi connectivity index (χ2v) is 8.75. The first kappa shape index (κ1) is 24.4. The van der Waals surface area contributed by atoms with Crippen molar-refractivity contribution in [2.45, 2.75) is 44.6 Å². The topological polar surface area (TPSA) is 38.8 Å². The van der Waals surface area contributed by atoms with Crippen LogP contribution in [0.4, 0.5) is 10.5 Å². The number of rotatable bonds is 6. The zero-order valence-corrected chi connectivity index (χ0v) is 19.5. The molecule has 0 spiro atoms. The highest BCUT2D eigenvalue weighted by molar-refractivity contribution is 6.43. The van der Waals surface area contributed by atoms with Crippen molar-refractivity contribution >= 4 is 47.3 Å². The van der Waals surface area contributed by atoms with Gasteiger partial charge in [0.25, 0.3) is 0 Å². The van der Waals surface area contributed by atoms with Crippen LogP contribution in [0.3, 0.4) is 0 Å². The van der Waals surface area contributed by atoms with Crippen molar-refractivity contribution in [3.05, 3.63) is 28.2 Å². The third kappa shape index (κ3) is 7.09. The van der Waals surface area contributed by atoms with Crippen molar-refractivity contribution in [3.8, 4) is 0 Å².